The van der Waals surface area contributed by atoms with Gasteiger partial charge in [0.2, 0.25) is 11.8 Å². The summed E-state index contributed by atoms with van der Waals surface area (Å²) in [5.74, 6) is -0.442. The van der Waals surface area contributed by atoms with E-state index in [4.69, 9.17) is 5.73 Å². The summed E-state index contributed by atoms with van der Waals surface area (Å²) < 4.78 is 1.37. The van der Waals surface area contributed by atoms with Crippen LogP contribution in [-0.2, 0) is 15.0 Å². The van der Waals surface area contributed by atoms with Crippen molar-refractivity contribution >= 4 is 65.3 Å². The lowest BCUT2D eigenvalue weighted by Gasteiger charge is -2.42. The van der Waals surface area contributed by atoms with Crippen LogP contribution in [0.1, 0.15) is 12.2 Å². The van der Waals surface area contributed by atoms with Gasteiger partial charge < -0.3 is 5.73 Å². The van der Waals surface area contributed by atoms with Gasteiger partial charge in [-0.3, -0.25) is 24.3 Å². The van der Waals surface area contributed by atoms with E-state index in [0.717, 1.165) is 5.46 Å². The molecule has 3 rings (SSSR count). The molecule has 7 nitrogen and oxygen atoms in total. The fourth-order valence-electron chi connectivity index (χ4n) is 3.70. The highest BCUT2D eigenvalue weighted by Gasteiger charge is 2.49. The van der Waals surface area contributed by atoms with Gasteiger partial charge in [0.15, 0.2) is 0 Å². The van der Waals surface area contributed by atoms with Crippen LogP contribution in [0.2, 0.25) is 5.21 Å². The van der Waals surface area contributed by atoms with Crippen molar-refractivity contribution in [1.82, 2.24) is 14.9 Å². The third-order valence-corrected chi connectivity index (χ3v) is 5.07. The smallest absolute Gasteiger partial charge is 0.263 e. The molecule has 0 bridgehead atoms. The maximum absolute atomic E-state index is 13.2. The Bertz CT molecular complexity index is 1000. The van der Waals surface area contributed by atoms with Crippen LogP contribution >= 0.6 is 0 Å². The van der Waals surface area contributed by atoms with Gasteiger partial charge in [0.05, 0.1) is 16.3 Å². The van der Waals surface area contributed by atoms with Crippen LogP contribution in [-0.4, -0.2) is 52.8 Å². The minimum absolute atomic E-state index is 0.199. The SMILES string of the molecule is Bc1ccc2nc(C)n(C3(B)CC(B)(B)C(=O)NC3=O)c(=O)c2c1N. The van der Waals surface area contributed by atoms with E-state index in [2.05, 4.69) is 10.3 Å². The molecule has 2 aromatic rings. The highest BCUT2D eigenvalue weighted by Crippen LogP contribution is 2.36. The molecule has 0 aliphatic carbocycles. The van der Waals surface area contributed by atoms with E-state index in [9.17, 15) is 14.4 Å². The van der Waals surface area contributed by atoms with Gasteiger partial charge in [-0.1, -0.05) is 11.5 Å². The van der Waals surface area contributed by atoms with Crippen LogP contribution in [0.5, 0.6) is 0 Å². The molecule has 1 aromatic heterocycles. The lowest BCUT2D eigenvalue weighted by atomic mass is 9.45. The van der Waals surface area contributed by atoms with E-state index < -0.39 is 16.6 Å². The summed E-state index contributed by atoms with van der Waals surface area (Å²) >= 11 is 0. The summed E-state index contributed by atoms with van der Waals surface area (Å²) in [6, 6.07) is 3.56. The third-order valence-electron chi connectivity index (χ3n) is 5.07. The minimum Gasteiger partial charge on any atom is -0.398 e. The third kappa shape index (κ3) is 2.41. The fraction of sp³-hybridized carbons (Fsp3) is 0.286. The second-order valence-corrected chi connectivity index (χ2v) is 7.61. The molecule has 0 saturated carbocycles. The lowest BCUT2D eigenvalue weighted by Crippen LogP contribution is -2.63. The topological polar surface area (TPSA) is 107 Å². The zero-order valence-corrected chi connectivity index (χ0v) is 15.1. The molecule has 3 N–H and O–H groups in total. The number of carbonyl (C=O) groups excluding carboxylic acids is 2. The quantitative estimate of drug-likeness (QED) is 0.310. The molecule has 1 aliphatic heterocycles. The molecule has 11 heteroatoms. The number of benzene rings is 1. The Balaban J connectivity index is 2.35. The van der Waals surface area contributed by atoms with Crippen LogP contribution in [0.25, 0.3) is 10.9 Å². The highest BCUT2D eigenvalue weighted by atomic mass is 16.2. The summed E-state index contributed by atoms with van der Waals surface area (Å²) in [7, 11) is 6.97. The van der Waals surface area contributed by atoms with Crippen molar-refractivity contribution < 1.29 is 9.59 Å². The van der Waals surface area contributed by atoms with Crippen LogP contribution < -0.4 is 22.1 Å². The Labute approximate surface area is 148 Å². The number of aromatic nitrogens is 2. The van der Waals surface area contributed by atoms with Gasteiger partial charge in [-0.25, -0.2) is 4.98 Å². The van der Waals surface area contributed by atoms with Crippen molar-refractivity contribution in [2.75, 3.05) is 5.73 Å². The molecular formula is C14H18B4N4O3. The maximum Gasteiger partial charge on any atom is 0.263 e. The zero-order valence-electron chi connectivity index (χ0n) is 15.1. The second kappa shape index (κ2) is 5.28. The van der Waals surface area contributed by atoms with Crippen LogP contribution in [0, 0.1) is 6.92 Å². The molecule has 2 amide bonds. The second-order valence-electron chi connectivity index (χ2n) is 7.61. The van der Waals surface area contributed by atoms with E-state index in [1.54, 1.807) is 36.5 Å². The number of anilines is 1. The minimum atomic E-state index is -1.23. The molecule has 1 aliphatic rings. The number of carbonyl (C=O) groups is 2. The first kappa shape index (κ1) is 17.4. The Morgan fingerprint density at radius 3 is 2.48 bits per heavy atom. The predicted octanol–water partition coefficient (Wildman–Crippen LogP) is -4.74. The summed E-state index contributed by atoms with van der Waals surface area (Å²) in [6.45, 7) is 1.68. The molecule has 0 spiro atoms. The van der Waals surface area contributed by atoms with Gasteiger partial charge in [-0.2, -0.15) is 0 Å². The molecule has 0 radical (unpaired) electrons. The van der Waals surface area contributed by atoms with Gasteiger partial charge in [0.1, 0.15) is 37.2 Å². The Morgan fingerprint density at radius 2 is 1.84 bits per heavy atom. The number of nitrogens with two attached hydrogens (primary N) is 1. The van der Waals surface area contributed by atoms with Crippen molar-refractivity contribution in [2.24, 2.45) is 0 Å². The molecule has 2 heterocycles. The van der Waals surface area contributed by atoms with E-state index in [1.807, 2.05) is 13.9 Å². The van der Waals surface area contributed by atoms with Crippen molar-refractivity contribution in [2.45, 2.75) is 24.0 Å². The Hall–Kier alpha value is -2.44. The van der Waals surface area contributed by atoms with E-state index >= 15 is 0 Å². The molecule has 1 fully saturated rings. The molecular weight excluding hydrogens is 315 g/mol. The van der Waals surface area contributed by atoms with Gasteiger partial charge >= 0.3 is 0 Å². The molecule has 1 aromatic carbocycles. The van der Waals surface area contributed by atoms with Crippen molar-refractivity contribution in [3.63, 3.8) is 0 Å². The number of fused-ring (bicyclic) bond motifs is 1. The highest BCUT2D eigenvalue weighted by molar-refractivity contribution is 6.53. The average Bonchev–Trinajstić information content (AvgIpc) is 2.48. The number of imide groups is 1. The number of piperidine rings is 1. The van der Waals surface area contributed by atoms with Crippen molar-refractivity contribution in [1.29, 1.82) is 0 Å². The van der Waals surface area contributed by atoms with Crippen molar-refractivity contribution in [3.8, 4) is 0 Å². The van der Waals surface area contributed by atoms with Crippen LogP contribution in [0.4, 0.5) is 5.69 Å². The van der Waals surface area contributed by atoms with Gasteiger partial charge in [0, 0.05) is 5.69 Å². The normalized spacial score (nSPS) is 22.8. The number of amides is 2. The first-order valence-corrected chi connectivity index (χ1v) is 8.14. The van der Waals surface area contributed by atoms with Gasteiger partial charge in [0.25, 0.3) is 5.56 Å². The molecule has 124 valence electrons. The number of aryl methyl sites for hydroxylation is 1. The number of rotatable bonds is 1. The predicted molar refractivity (Wildman–Crippen MR) is 107 cm³/mol. The standard InChI is InChI=1S/C14H18B4N4O3/c1-5-20-7-3-2-6(15)9(19)8(7)10(23)22(5)14(18)4-13(16,17)11(24)21-12(14)25/h2-3H,4,15-19H2,1H3,(H,21,24,25). The number of nitrogens with zero attached hydrogens (tertiary/aromatic N) is 2. The van der Waals surface area contributed by atoms with Crippen LogP contribution in [0.3, 0.4) is 0 Å². The molecule has 1 saturated heterocycles. The molecule has 1 atom stereocenters. The number of hydrogen-bond acceptors (Lipinski definition) is 5. The van der Waals surface area contributed by atoms with E-state index in [0.29, 0.717) is 22.4 Å². The van der Waals surface area contributed by atoms with E-state index in [-0.39, 0.29) is 17.9 Å². The number of nitrogens with one attached hydrogen (secondary N) is 1. The number of hydrogen-bond donors (Lipinski definition) is 2. The molecule has 1 unspecified atom stereocenters. The van der Waals surface area contributed by atoms with Gasteiger partial charge in [-0.05, 0) is 24.6 Å². The average molecular weight is 334 g/mol. The molecule has 25 heavy (non-hydrogen) atoms. The zero-order chi connectivity index (χ0) is 18.7. The lowest BCUT2D eigenvalue weighted by molar-refractivity contribution is -0.138. The summed E-state index contributed by atoms with van der Waals surface area (Å²) in [5.41, 5.74) is 6.15. The van der Waals surface area contributed by atoms with Crippen molar-refractivity contribution in [3.05, 3.63) is 28.3 Å². The summed E-state index contributed by atoms with van der Waals surface area (Å²) in [5, 5.41) is 1.90. The van der Waals surface area contributed by atoms with Crippen LogP contribution in [0.15, 0.2) is 16.9 Å². The summed E-state index contributed by atoms with van der Waals surface area (Å²) in [6.07, 6.45) is 0.199. The Kier molecular flexibility index (Phi) is 3.67. The number of nitrogen functional groups attached to an aromatic ring is 1. The monoisotopic (exact) mass is 334 g/mol. The first-order chi connectivity index (χ1) is 11.5. The largest absolute Gasteiger partial charge is 0.398 e. The Morgan fingerprint density at radius 1 is 1.20 bits per heavy atom. The van der Waals surface area contributed by atoms with E-state index in [1.165, 1.54) is 4.57 Å². The fourth-order valence-corrected chi connectivity index (χ4v) is 3.70. The van der Waals surface area contributed by atoms with Gasteiger partial charge in [-0.15, -0.1) is 0 Å². The first-order valence-electron chi connectivity index (χ1n) is 8.14. The summed E-state index contributed by atoms with van der Waals surface area (Å²) in [4.78, 5) is 42.4. The maximum atomic E-state index is 13.2.